The molecule has 11 heteroatoms. The molecule has 2 aromatic rings. The molecule has 1 aliphatic heterocycles. The smallest absolute Gasteiger partial charge is 0.387 e. The molecular weight excluding hydrogens is 437 g/mol. The number of ether oxygens (including phenoxy) is 2. The van der Waals surface area contributed by atoms with Crippen molar-refractivity contribution in [2.75, 3.05) is 0 Å². The van der Waals surface area contributed by atoms with Crippen molar-refractivity contribution in [2.45, 2.75) is 39.5 Å². The van der Waals surface area contributed by atoms with Crippen LogP contribution >= 0.6 is 11.6 Å². The Balaban J connectivity index is 2.08. The van der Waals surface area contributed by atoms with Crippen LogP contribution in [0.15, 0.2) is 47.0 Å². The zero-order valence-corrected chi connectivity index (χ0v) is 17.5. The average Bonchev–Trinajstić information content (AvgIpc) is 2.66. The molecule has 0 bridgehead atoms. The highest BCUT2D eigenvalue weighted by molar-refractivity contribution is 6.30. The van der Waals surface area contributed by atoms with Crippen LogP contribution in [0.5, 0.6) is 5.75 Å². The van der Waals surface area contributed by atoms with Crippen molar-refractivity contribution < 1.29 is 27.4 Å². The Labute approximate surface area is 181 Å². The molecule has 1 N–H and O–H groups in total. The molecule has 31 heavy (non-hydrogen) atoms. The lowest BCUT2D eigenvalue weighted by atomic mass is 9.98. The highest BCUT2D eigenvalue weighted by Gasteiger charge is 2.34. The normalized spacial score (nSPS) is 16.3. The standard InChI is InChI=1S/C20H18ClF3N4O3/c1-9(2)30-19(29)15-10(3)27-18(11-4-13(8-25-6-11)31-20(23)24)28-17(15)16-14(22)5-12(21)7-26-16/h4-9,17,20H,1-3H3,(H,27,28)/t17-/m1/s1. The Hall–Kier alpha value is -3.14. The fourth-order valence-electron chi connectivity index (χ4n) is 2.90. The van der Waals surface area contributed by atoms with E-state index in [1.807, 2.05) is 0 Å². The minimum absolute atomic E-state index is 0.0547. The van der Waals surface area contributed by atoms with Crippen molar-refractivity contribution in [3.63, 3.8) is 0 Å². The van der Waals surface area contributed by atoms with Gasteiger partial charge >= 0.3 is 12.6 Å². The summed E-state index contributed by atoms with van der Waals surface area (Å²) in [4.78, 5) is 25.0. The molecule has 0 spiro atoms. The lowest BCUT2D eigenvalue weighted by molar-refractivity contribution is -0.143. The Kier molecular flexibility index (Phi) is 6.79. The first kappa shape index (κ1) is 22.5. The maximum absolute atomic E-state index is 14.7. The van der Waals surface area contributed by atoms with E-state index >= 15 is 0 Å². The molecule has 0 saturated heterocycles. The van der Waals surface area contributed by atoms with E-state index in [2.05, 4.69) is 25.0 Å². The van der Waals surface area contributed by atoms with Gasteiger partial charge in [0.25, 0.3) is 0 Å². The molecule has 1 atom stereocenters. The number of aliphatic imine (C=N–C) groups is 1. The van der Waals surface area contributed by atoms with E-state index in [0.717, 1.165) is 12.3 Å². The SMILES string of the molecule is CC1=C(C(=O)OC(C)C)[C@H](c2ncc(Cl)cc2F)N=C(c2cncc(OC(F)F)c2)N1. The summed E-state index contributed by atoms with van der Waals surface area (Å²) in [6.45, 7) is 1.90. The number of carbonyl (C=O) groups excluding carboxylic acids is 1. The number of carbonyl (C=O) groups is 1. The third kappa shape index (κ3) is 5.32. The van der Waals surface area contributed by atoms with E-state index in [4.69, 9.17) is 16.3 Å². The minimum Gasteiger partial charge on any atom is -0.459 e. The molecule has 3 rings (SSSR count). The largest absolute Gasteiger partial charge is 0.459 e. The predicted octanol–water partition coefficient (Wildman–Crippen LogP) is 4.19. The van der Waals surface area contributed by atoms with Crippen LogP contribution in [0.3, 0.4) is 0 Å². The fourth-order valence-corrected chi connectivity index (χ4v) is 3.05. The molecule has 1 aliphatic rings. The van der Waals surface area contributed by atoms with Crippen LogP contribution in [0.25, 0.3) is 0 Å². The van der Waals surface area contributed by atoms with Gasteiger partial charge in [-0.25, -0.2) is 9.18 Å². The summed E-state index contributed by atoms with van der Waals surface area (Å²) < 4.78 is 49.4. The number of aromatic nitrogens is 2. The molecule has 3 heterocycles. The van der Waals surface area contributed by atoms with E-state index in [1.54, 1.807) is 20.8 Å². The summed E-state index contributed by atoms with van der Waals surface area (Å²) >= 11 is 5.80. The zero-order valence-electron chi connectivity index (χ0n) is 16.7. The second-order valence-corrected chi connectivity index (χ2v) is 7.24. The second-order valence-electron chi connectivity index (χ2n) is 6.81. The van der Waals surface area contributed by atoms with Crippen molar-refractivity contribution in [3.8, 4) is 5.75 Å². The molecule has 0 aliphatic carbocycles. The number of nitrogens with one attached hydrogen (secondary N) is 1. The number of alkyl halides is 2. The topological polar surface area (TPSA) is 85.7 Å². The first-order chi connectivity index (χ1) is 14.7. The van der Waals surface area contributed by atoms with Gasteiger partial charge in [0, 0.05) is 23.7 Å². The first-order valence-corrected chi connectivity index (χ1v) is 9.51. The van der Waals surface area contributed by atoms with Crippen LogP contribution in [0, 0.1) is 5.82 Å². The van der Waals surface area contributed by atoms with Gasteiger partial charge in [-0.1, -0.05) is 11.6 Å². The monoisotopic (exact) mass is 454 g/mol. The summed E-state index contributed by atoms with van der Waals surface area (Å²) in [6, 6.07) is 1.18. The van der Waals surface area contributed by atoms with Gasteiger partial charge < -0.3 is 14.8 Å². The van der Waals surface area contributed by atoms with Crippen molar-refractivity contribution in [1.29, 1.82) is 0 Å². The number of amidine groups is 1. The number of allylic oxidation sites excluding steroid dienone is 1. The Morgan fingerprint density at radius 1 is 1.23 bits per heavy atom. The molecule has 0 aromatic carbocycles. The number of nitrogens with zero attached hydrogens (tertiary/aromatic N) is 3. The van der Waals surface area contributed by atoms with E-state index in [0.29, 0.717) is 5.70 Å². The van der Waals surface area contributed by atoms with E-state index in [-0.39, 0.29) is 33.4 Å². The predicted molar refractivity (Wildman–Crippen MR) is 106 cm³/mol. The van der Waals surface area contributed by atoms with Crippen molar-refractivity contribution in [2.24, 2.45) is 4.99 Å². The molecule has 0 amide bonds. The van der Waals surface area contributed by atoms with Gasteiger partial charge in [-0.15, -0.1) is 0 Å². The zero-order chi connectivity index (χ0) is 22.7. The van der Waals surface area contributed by atoms with Gasteiger partial charge in [0.15, 0.2) is 0 Å². The van der Waals surface area contributed by atoms with Gasteiger partial charge in [-0.05, 0) is 32.9 Å². The van der Waals surface area contributed by atoms with Gasteiger partial charge in [0.2, 0.25) is 0 Å². The number of halogens is 4. The molecule has 0 saturated carbocycles. The van der Waals surface area contributed by atoms with Crippen LogP contribution < -0.4 is 10.1 Å². The van der Waals surface area contributed by atoms with Gasteiger partial charge in [0.05, 0.1) is 22.9 Å². The summed E-state index contributed by atoms with van der Waals surface area (Å²) in [5, 5.41) is 2.99. The highest BCUT2D eigenvalue weighted by Crippen LogP contribution is 2.33. The molecule has 2 aromatic heterocycles. The van der Waals surface area contributed by atoms with Crippen LogP contribution in [0.1, 0.15) is 38.1 Å². The van der Waals surface area contributed by atoms with Gasteiger partial charge in [-0.2, -0.15) is 8.78 Å². The molecule has 164 valence electrons. The van der Waals surface area contributed by atoms with Crippen molar-refractivity contribution in [3.05, 3.63) is 64.1 Å². The van der Waals surface area contributed by atoms with Gasteiger partial charge in [-0.3, -0.25) is 15.0 Å². The second kappa shape index (κ2) is 9.34. The summed E-state index contributed by atoms with van der Waals surface area (Å²) in [5.74, 6) is -1.49. The third-order valence-electron chi connectivity index (χ3n) is 4.11. The lowest BCUT2D eigenvalue weighted by Gasteiger charge is -2.26. The van der Waals surface area contributed by atoms with E-state index in [9.17, 15) is 18.0 Å². The molecule has 7 nitrogen and oxygen atoms in total. The van der Waals surface area contributed by atoms with Gasteiger partial charge in [0.1, 0.15) is 29.1 Å². The quantitative estimate of drug-likeness (QED) is 0.659. The number of pyridine rings is 2. The summed E-state index contributed by atoms with van der Waals surface area (Å²) in [6.07, 6.45) is 3.29. The lowest BCUT2D eigenvalue weighted by Crippen LogP contribution is -2.34. The van der Waals surface area contributed by atoms with Crippen LogP contribution in [-0.4, -0.2) is 34.5 Å². The maximum Gasteiger partial charge on any atom is 0.387 e. The molecular formula is C20H18ClF3N4O3. The third-order valence-corrected chi connectivity index (χ3v) is 4.32. The number of hydrogen-bond donors (Lipinski definition) is 1. The summed E-state index contributed by atoms with van der Waals surface area (Å²) in [7, 11) is 0. The number of rotatable bonds is 6. The van der Waals surface area contributed by atoms with Crippen molar-refractivity contribution in [1.82, 2.24) is 15.3 Å². The Morgan fingerprint density at radius 2 is 1.97 bits per heavy atom. The minimum atomic E-state index is -3.03. The number of esters is 1. The Bertz CT molecular complexity index is 1060. The fraction of sp³-hybridized carbons (Fsp3) is 0.300. The highest BCUT2D eigenvalue weighted by atomic mass is 35.5. The number of hydrogen-bond acceptors (Lipinski definition) is 7. The van der Waals surface area contributed by atoms with Crippen LogP contribution in [0.2, 0.25) is 5.02 Å². The molecule has 0 fully saturated rings. The van der Waals surface area contributed by atoms with Crippen LogP contribution in [-0.2, 0) is 9.53 Å². The molecule has 0 radical (unpaired) electrons. The first-order valence-electron chi connectivity index (χ1n) is 9.13. The van der Waals surface area contributed by atoms with E-state index < -0.39 is 30.5 Å². The Morgan fingerprint density at radius 3 is 2.61 bits per heavy atom. The maximum atomic E-state index is 14.7. The molecule has 0 unspecified atom stereocenters. The van der Waals surface area contributed by atoms with Crippen molar-refractivity contribution >= 4 is 23.4 Å². The average molecular weight is 455 g/mol. The van der Waals surface area contributed by atoms with Crippen LogP contribution in [0.4, 0.5) is 13.2 Å². The van der Waals surface area contributed by atoms with E-state index in [1.165, 1.54) is 18.5 Å². The summed E-state index contributed by atoms with van der Waals surface area (Å²) in [5.41, 5.74) is 0.524.